The van der Waals surface area contributed by atoms with Crippen LogP contribution in [0.4, 0.5) is 5.69 Å². The van der Waals surface area contributed by atoms with Crippen molar-refractivity contribution in [2.75, 3.05) is 29.4 Å². The Morgan fingerprint density at radius 2 is 1.89 bits per heavy atom. The summed E-state index contributed by atoms with van der Waals surface area (Å²) in [4.78, 5) is 12.3. The van der Waals surface area contributed by atoms with Gasteiger partial charge in [-0.05, 0) is 42.3 Å². The van der Waals surface area contributed by atoms with Gasteiger partial charge in [-0.2, -0.15) is 11.8 Å². The number of benzene rings is 2. The Balaban J connectivity index is 1.88. The van der Waals surface area contributed by atoms with E-state index in [1.165, 1.54) is 0 Å². The molecule has 0 radical (unpaired) electrons. The fraction of sp³-hybridized carbons (Fsp3) is 0.316. The summed E-state index contributed by atoms with van der Waals surface area (Å²) in [5, 5.41) is 3.91. The van der Waals surface area contributed by atoms with Gasteiger partial charge in [-0.3, -0.25) is 9.10 Å². The number of thioether (sulfide) groups is 1. The number of anilines is 1. The molecule has 0 heterocycles. The summed E-state index contributed by atoms with van der Waals surface area (Å²) in [5.41, 5.74) is 2.13. The van der Waals surface area contributed by atoms with Crippen LogP contribution in [0.2, 0.25) is 10.0 Å². The molecular weight excluding hydrogens is 439 g/mol. The number of amides is 1. The van der Waals surface area contributed by atoms with Crippen molar-refractivity contribution in [2.24, 2.45) is 0 Å². The maximum atomic E-state index is 12.3. The Morgan fingerprint density at radius 1 is 1.18 bits per heavy atom. The standard InChI is InChI=1S/C19H22Cl2N2O3S2/c1-14-17(21)7-4-8-18(14)23(28(2,25)26)12-19(24)22-9-10-27-13-15-5-3-6-16(20)11-15/h3-8,11H,9-10,12-13H2,1-2H3,(H,22,24). The van der Waals surface area contributed by atoms with Crippen molar-refractivity contribution in [1.29, 1.82) is 0 Å². The number of halogens is 2. The second-order valence-corrected chi connectivity index (χ2v) is 10.0. The van der Waals surface area contributed by atoms with E-state index < -0.39 is 10.0 Å². The summed E-state index contributed by atoms with van der Waals surface area (Å²) >= 11 is 13.7. The number of hydrogen-bond donors (Lipinski definition) is 1. The predicted molar refractivity (Wildman–Crippen MR) is 119 cm³/mol. The maximum absolute atomic E-state index is 12.3. The van der Waals surface area contributed by atoms with E-state index in [1.54, 1.807) is 36.9 Å². The van der Waals surface area contributed by atoms with E-state index in [-0.39, 0.29) is 12.5 Å². The Labute approximate surface area is 180 Å². The normalized spacial score (nSPS) is 11.3. The highest BCUT2D eigenvalue weighted by Crippen LogP contribution is 2.28. The van der Waals surface area contributed by atoms with E-state index in [2.05, 4.69) is 5.32 Å². The van der Waals surface area contributed by atoms with Gasteiger partial charge in [-0.1, -0.05) is 41.4 Å². The van der Waals surface area contributed by atoms with Gasteiger partial charge in [0, 0.05) is 28.1 Å². The molecule has 2 aromatic rings. The molecule has 0 aliphatic heterocycles. The lowest BCUT2D eigenvalue weighted by molar-refractivity contribution is -0.119. The molecule has 1 amide bonds. The number of sulfonamides is 1. The molecule has 0 aliphatic rings. The topological polar surface area (TPSA) is 66.5 Å². The lowest BCUT2D eigenvalue weighted by Crippen LogP contribution is -2.41. The molecule has 0 aliphatic carbocycles. The van der Waals surface area contributed by atoms with Crippen LogP contribution in [0.15, 0.2) is 42.5 Å². The van der Waals surface area contributed by atoms with Crippen LogP contribution in [-0.2, 0) is 20.6 Å². The van der Waals surface area contributed by atoms with Crippen LogP contribution < -0.4 is 9.62 Å². The number of carbonyl (C=O) groups excluding carboxylic acids is 1. The van der Waals surface area contributed by atoms with Crippen LogP contribution in [0.3, 0.4) is 0 Å². The van der Waals surface area contributed by atoms with Crippen LogP contribution in [-0.4, -0.2) is 39.4 Å². The molecule has 2 aromatic carbocycles. The monoisotopic (exact) mass is 460 g/mol. The quantitative estimate of drug-likeness (QED) is 0.571. The molecule has 152 valence electrons. The zero-order valence-corrected chi connectivity index (χ0v) is 18.8. The largest absolute Gasteiger partial charge is 0.354 e. The summed E-state index contributed by atoms with van der Waals surface area (Å²) in [6, 6.07) is 12.6. The Bertz CT molecular complexity index is 937. The van der Waals surface area contributed by atoms with Crippen molar-refractivity contribution in [3.63, 3.8) is 0 Å². The highest BCUT2D eigenvalue weighted by Gasteiger charge is 2.22. The molecular formula is C19H22Cl2N2O3S2. The van der Waals surface area contributed by atoms with Gasteiger partial charge >= 0.3 is 0 Å². The average molecular weight is 461 g/mol. The number of nitrogens with one attached hydrogen (secondary N) is 1. The zero-order chi connectivity index (χ0) is 20.7. The van der Waals surface area contributed by atoms with Gasteiger partial charge in [-0.25, -0.2) is 8.42 Å². The van der Waals surface area contributed by atoms with E-state index in [0.29, 0.717) is 33.6 Å². The van der Waals surface area contributed by atoms with E-state index in [4.69, 9.17) is 23.2 Å². The van der Waals surface area contributed by atoms with Gasteiger partial charge in [0.15, 0.2) is 0 Å². The van der Waals surface area contributed by atoms with Crippen molar-refractivity contribution in [2.45, 2.75) is 12.7 Å². The van der Waals surface area contributed by atoms with Crippen LogP contribution in [0, 0.1) is 6.92 Å². The third-order valence-electron chi connectivity index (χ3n) is 3.92. The Kier molecular flexibility index (Phi) is 8.49. The lowest BCUT2D eigenvalue weighted by atomic mass is 10.2. The molecule has 0 unspecified atom stereocenters. The molecule has 5 nitrogen and oxygen atoms in total. The zero-order valence-electron chi connectivity index (χ0n) is 15.6. The van der Waals surface area contributed by atoms with E-state index >= 15 is 0 Å². The smallest absolute Gasteiger partial charge is 0.240 e. The first-order valence-corrected chi connectivity index (χ1v) is 12.3. The molecule has 9 heteroatoms. The van der Waals surface area contributed by atoms with Gasteiger partial charge < -0.3 is 5.32 Å². The van der Waals surface area contributed by atoms with Gasteiger partial charge in [0.1, 0.15) is 6.54 Å². The van der Waals surface area contributed by atoms with E-state index in [1.807, 2.05) is 24.3 Å². The van der Waals surface area contributed by atoms with Crippen LogP contribution in [0.1, 0.15) is 11.1 Å². The fourth-order valence-corrected chi connectivity index (χ4v) is 4.61. The van der Waals surface area contributed by atoms with Crippen molar-refractivity contribution in [1.82, 2.24) is 5.32 Å². The first kappa shape index (κ1) is 22.9. The van der Waals surface area contributed by atoms with Crippen molar-refractivity contribution < 1.29 is 13.2 Å². The third kappa shape index (κ3) is 6.88. The number of rotatable bonds is 9. The first-order valence-electron chi connectivity index (χ1n) is 8.50. The fourth-order valence-electron chi connectivity index (χ4n) is 2.51. The molecule has 2 rings (SSSR count). The van der Waals surface area contributed by atoms with Crippen molar-refractivity contribution in [3.05, 3.63) is 63.6 Å². The lowest BCUT2D eigenvalue weighted by Gasteiger charge is -2.24. The minimum absolute atomic E-state index is 0.293. The summed E-state index contributed by atoms with van der Waals surface area (Å²) in [7, 11) is -3.63. The molecule has 0 spiro atoms. The SMILES string of the molecule is Cc1c(Cl)cccc1N(CC(=O)NCCSCc1cccc(Cl)c1)S(C)(=O)=O. The van der Waals surface area contributed by atoms with E-state index in [0.717, 1.165) is 21.9 Å². The highest BCUT2D eigenvalue weighted by molar-refractivity contribution is 7.98. The van der Waals surface area contributed by atoms with E-state index in [9.17, 15) is 13.2 Å². The third-order valence-corrected chi connectivity index (χ3v) is 6.72. The van der Waals surface area contributed by atoms with Gasteiger partial charge in [0.25, 0.3) is 0 Å². The minimum Gasteiger partial charge on any atom is -0.354 e. The molecule has 0 saturated carbocycles. The Morgan fingerprint density at radius 3 is 2.57 bits per heavy atom. The van der Waals surface area contributed by atoms with Gasteiger partial charge in [0.2, 0.25) is 15.9 Å². The Hall–Kier alpha value is -1.41. The summed E-state index contributed by atoms with van der Waals surface area (Å²) in [6.07, 6.45) is 1.07. The molecule has 0 aromatic heterocycles. The highest BCUT2D eigenvalue weighted by atomic mass is 35.5. The van der Waals surface area contributed by atoms with Crippen LogP contribution >= 0.6 is 35.0 Å². The summed E-state index contributed by atoms with van der Waals surface area (Å²) in [6.45, 7) is 1.87. The summed E-state index contributed by atoms with van der Waals surface area (Å²) < 4.78 is 25.4. The predicted octanol–water partition coefficient (Wildman–Crippen LogP) is 4.12. The molecule has 0 fully saturated rings. The molecule has 0 atom stereocenters. The van der Waals surface area contributed by atoms with Crippen LogP contribution in [0.25, 0.3) is 0 Å². The molecule has 28 heavy (non-hydrogen) atoms. The first-order chi connectivity index (χ1) is 13.2. The molecule has 1 N–H and O–H groups in total. The van der Waals surface area contributed by atoms with Gasteiger partial charge in [-0.15, -0.1) is 0 Å². The minimum atomic E-state index is -3.63. The molecule has 0 saturated heterocycles. The second kappa shape index (κ2) is 10.4. The molecule has 0 bridgehead atoms. The average Bonchev–Trinajstić information content (AvgIpc) is 2.61. The number of nitrogens with zero attached hydrogens (tertiary/aromatic N) is 1. The maximum Gasteiger partial charge on any atom is 0.240 e. The number of hydrogen-bond acceptors (Lipinski definition) is 4. The number of carbonyl (C=O) groups is 1. The van der Waals surface area contributed by atoms with Crippen molar-refractivity contribution >= 4 is 56.6 Å². The van der Waals surface area contributed by atoms with Crippen molar-refractivity contribution in [3.8, 4) is 0 Å². The van der Waals surface area contributed by atoms with Crippen LogP contribution in [0.5, 0.6) is 0 Å². The second-order valence-electron chi connectivity index (χ2n) is 6.19. The van der Waals surface area contributed by atoms with Gasteiger partial charge in [0.05, 0.1) is 11.9 Å². The summed E-state index contributed by atoms with van der Waals surface area (Å²) in [5.74, 6) is 1.12.